The third-order valence-electron chi connectivity index (χ3n) is 2.42. The molecule has 102 valence electrons. The van der Waals surface area contributed by atoms with Crippen LogP contribution in [-0.2, 0) is 9.59 Å². The minimum absolute atomic E-state index is 0.0512. The van der Waals surface area contributed by atoms with Gasteiger partial charge in [-0.05, 0) is 29.7 Å². The molecule has 0 aliphatic carbocycles. The zero-order valence-electron chi connectivity index (χ0n) is 10.6. The highest BCUT2D eigenvalue weighted by Crippen LogP contribution is 2.12. The van der Waals surface area contributed by atoms with E-state index in [2.05, 4.69) is 21.2 Å². The van der Waals surface area contributed by atoms with Crippen LogP contribution in [0.5, 0.6) is 0 Å². The molecule has 1 aromatic carbocycles. The van der Waals surface area contributed by atoms with Crippen molar-refractivity contribution >= 4 is 33.9 Å². The molecule has 1 amide bonds. The van der Waals surface area contributed by atoms with Crippen molar-refractivity contribution in [3.8, 4) is 0 Å². The van der Waals surface area contributed by atoms with Gasteiger partial charge in [0.25, 0.3) is 0 Å². The monoisotopic (exact) mass is 325 g/mol. The summed E-state index contributed by atoms with van der Waals surface area (Å²) in [6, 6.07) is 7.58. The highest BCUT2D eigenvalue weighted by atomic mass is 79.9. The van der Waals surface area contributed by atoms with Crippen molar-refractivity contribution in [2.75, 3.05) is 6.54 Å². The summed E-state index contributed by atoms with van der Waals surface area (Å²) < 4.78 is 0.949. The van der Waals surface area contributed by atoms with Crippen molar-refractivity contribution in [2.24, 2.45) is 5.92 Å². The molecule has 0 saturated heterocycles. The fourth-order valence-electron chi connectivity index (χ4n) is 1.49. The maximum absolute atomic E-state index is 11.5. The van der Waals surface area contributed by atoms with Gasteiger partial charge < -0.3 is 10.4 Å². The SMILES string of the molecule is CC(CNC(=O)/C=C/c1cccc(Br)c1)CC(=O)O. The van der Waals surface area contributed by atoms with E-state index in [1.54, 1.807) is 13.0 Å². The van der Waals surface area contributed by atoms with Gasteiger partial charge in [-0.2, -0.15) is 0 Å². The standard InChI is InChI=1S/C14H16BrNO3/c1-10(7-14(18)19)9-16-13(17)6-5-11-3-2-4-12(15)8-11/h2-6,8,10H,7,9H2,1H3,(H,16,17)(H,18,19)/b6-5+. The normalized spacial score (nSPS) is 12.3. The second-order valence-corrected chi connectivity index (χ2v) is 5.25. The molecule has 0 fully saturated rings. The van der Waals surface area contributed by atoms with Crippen LogP contribution in [0.2, 0.25) is 0 Å². The van der Waals surface area contributed by atoms with E-state index in [0.29, 0.717) is 6.54 Å². The van der Waals surface area contributed by atoms with Gasteiger partial charge in [-0.25, -0.2) is 0 Å². The number of benzene rings is 1. The molecule has 0 aliphatic heterocycles. The summed E-state index contributed by atoms with van der Waals surface area (Å²) in [5.74, 6) is -1.16. The van der Waals surface area contributed by atoms with Crippen LogP contribution in [0.1, 0.15) is 18.9 Å². The largest absolute Gasteiger partial charge is 0.481 e. The molecule has 0 aromatic heterocycles. The minimum atomic E-state index is -0.855. The van der Waals surface area contributed by atoms with Gasteiger partial charge in [-0.1, -0.05) is 35.0 Å². The predicted molar refractivity (Wildman–Crippen MR) is 77.6 cm³/mol. The number of hydrogen-bond acceptors (Lipinski definition) is 2. The molecule has 0 bridgehead atoms. The van der Waals surface area contributed by atoms with Crippen LogP contribution in [-0.4, -0.2) is 23.5 Å². The summed E-state index contributed by atoms with van der Waals surface area (Å²) in [6.45, 7) is 2.14. The number of rotatable bonds is 6. The predicted octanol–water partition coefficient (Wildman–Crippen LogP) is 2.69. The summed E-state index contributed by atoms with van der Waals surface area (Å²) in [5.41, 5.74) is 0.920. The topological polar surface area (TPSA) is 66.4 Å². The van der Waals surface area contributed by atoms with Gasteiger partial charge >= 0.3 is 5.97 Å². The van der Waals surface area contributed by atoms with Crippen molar-refractivity contribution < 1.29 is 14.7 Å². The summed E-state index contributed by atoms with van der Waals surface area (Å²) >= 11 is 3.35. The van der Waals surface area contributed by atoms with Crippen LogP contribution in [0.4, 0.5) is 0 Å². The number of carboxylic acids is 1. The maximum Gasteiger partial charge on any atom is 0.303 e. The van der Waals surface area contributed by atoms with E-state index in [4.69, 9.17) is 5.11 Å². The van der Waals surface area contributed by atoms with Crippen molar-refractivity contribution in [3.63, 3.8) is 0 Å². The van der Waals surface area contributed by atoms with Crippen molar-refractivity contribution in [1.29, 1.82) is 0 Å². The molecular formula is C14H16BrNO3. The van der Waals surface area contributed by atoms with Crippen molar-refractivity contribution in [1.82, 2.24) is 5.32 Å². The van der Waals surface area contributed by atoms with E-state index < -0.39 is 5.97 Å². The van der Waals surface area contributed by atoms with Crippen LogP contribution in [0.3, 0.4) is 0 Å². The number of halogens is 1. The second-order valence-electron chi connectivity index (χ2n) is 4.34. The second kappa shape index (κ2) is 7.74. The third kappa shape index (κ3) is 6.76. The molecule has 0 heterocycles. The van der Waals surface area contributed by atoms with E-state index in [1.807, 2.05) is 24.3 Å². The minimum Gasteiger partial charge on any atom is -0.481 e. The Balaban J connectivity index is 2.41. The zero-order chi connectivity index (χ0) is 14.3. The molecule has 19 heavy (non-hydrogen) atoms. The zero-order valence-corrected chi connectivity index (χ0v) is 12.2. The van der Waals surface area contributed by atoms with E-state index >= 15 is 0 Å². The van der Waals surface area contributed by atoms with Gasteiger partial charge in [-0.15, -0.1) is 0 Å². The molecule has 0 saturated carbocycles. The molecule has 0 spiro atoms. The lowest BCUT2D eigenvalue weighted by Gasteiger charge is -2.08. The van der Waals surface area contributed by atoms with Crippen molar-refractivity contribution in [3.05, 3.63) is 40.4 Å². The number of carboxylic acid groups (broad SMARTS) is 1. The first-order valence-electron chi connectivity index (χ1n) is 5.90. The first-order chi connectivity index (χ1) is 8.97. The van der Waals surface area contributed by atoms with Crippen LogP contribution in [0, 0.1) is 5.92 Å². The highest BCUT2D eigenvalue weighted by molar-refractivity contribution is 9.10. The Hall–Kier alpha value is -1.62. The van der Waals surface area contributed by atoms with Gasteiger partial charge in [0.05, 0.1) is 0 Å². The lowest BCUT2D eigenvalue weighted by molar-refractivity contribution is -0.138. The molecular weight excluding hydrogens is 310 g/mol. The first kappa shape index (κ1) is 15.4. The van der Waals surface area contributed by atoms with E-state index in [0.717, 1.165) is 10.0 Å². The average Bonchev–Trinajstić information content (AvgIpc) is 2.33. The van der Waals surface area contributed by atoms with E-state index in [-0.39, 0.29) is 18.2 Å². The Bertz CT molecular complexity index is 485. The average molecular weight is 326 g/mol. The van der Waals surface area contributed by atoms with E-state index in [1.165, 1.54) is 6.08 Å². The number of carbonyl (C=O) groups excluding carboxylic acids is 1. The van der Waals surface area contributed by atoms with Crippen LogP contribution < -0.4 is 5.32 Å². The lowest BCUT2D eigenvalue weighted by atomic mass is 10.1. The molecule has 0 aliphatic rings. The molecule has 1 rings (SSSR count). The number of amides is 1. The van der Waals surface area contributed by atoms with Gasteiger partial charge in [0.2, 0.25) is 5.91 Å². The Labute approximate surface area is 120 Å². The quantitative estimate of drug-likeness (QED) is 0.790. The maximum atomic E-state index is 11.5. The molecule has 1 unspecified atom stereocenters. The third-order valence-corrected chi connectivity index (χ3v) is 2.92. The van der Waals surface area contributed by atoms with Gasteiger partial charge in [0, 0.05) is 23.5 Å². The van der Waals surface area contributed by atoms with Gasteiger partial charge in [-0.3, -0.25) is 9.59 Å². The Morgan fingerprint density at radius 3 is 2.84 bits per heavy atom. The van der Waals surface area contributed by atoms with Crippen LogP contribution in [0.15, 0.2) is 34.8 Å². The number of nitrogens with one attached hydrogen (secondary N) is 1. The Morgan fingerprint density at radius 2 is 2.21 bits per heavy atom. The van der Waals surface area contributed by atoms with Crippen LogP contribution in [0.25, 0.3) is 6.08 Å². The van der Waals surface area contributed by atoms with Crippen LogP contribution >= 0.6 is 15.9 Å². The Kier molecular flexibility index (Phi) is 6.29. The Morgan fingerprint density at radius 1 is 1.47 bits per heavy atom. The van der Waals surface area contributed by atoms with Gasteiger partial charge in [0.15, 0.2) is 0 Å². The highest BCUT2D eigenvalue weighted by Gasteiger charge is 2.07. The molecule has 0 radical (unpaired) electrons. The molecule has 2 N–H and O–H groups in total. The summed E-state index contributed by atoms with van der Waals surface area (Å²) in [5, 5.41) is 11.3. The lowest BCUT2D eigenvalue weighted by Crippen LogP contribution is -2.27. The molecule has 1 aromatic rings. The molecule has 5 heteroatoms. The summed E-state index contributed by atoms with van der Waals surface area (Å²) in [4.78, 5) is 22.0. The van der Waals surface area contributed by atoms with Crippen molar-refractivity contribution in [2.45, 2.75) is 13.3 Å². The fraction of sp³-hybridized carbons (Fsp3) is 0.286. The fourth-order valence-corrected chi connectivity index (χ4v) is 1.90. The molecule has 1 atom stereocenters. The molecule has 4 nitrogen and oxygen atoms in total. The first-order valence-corrected chi connectivity index (χ1v) is 6.70. The number of hydrogen-bond donors (Lipinski definition) is 2. The van der Waals surface area contributed by atoms with E-state index in [9.17, 15) is 9.59 Å². The number of carbonyl (C=O) groups is 2. The smallest absolute Gasteiger partial charge is 0.303 e. The number of aliphatic carboxylic acids is 1. The van der Waals surface area contributed by atoms with Gasteiger partial charge in [0.1, 0.15) is 0 Å². The summed E-state index contributed by atoms with van der Waals surface area (Å²) in [6.07, 6.45) is 3.20. The summed E-state index contributed by atoms with van der Waals surface area (Å²) in [7, 11) is 0.